The molecule has 2 unspecified atom stereocenters. The number of carbonyl (C=O) groups excluding carboxylic acids is 1. The lowest BCUT2D eigenvalue weighted by Crippen LogP contribution is -2.42. The highest BCUT2D eigenvalue weighted by Gasteiger charge is 2.32. The van der Waals surface area contributed by atoms with E-state index in [1.165, 1.54) is 18.3 Å². The van der Waals surface area contributed by atoms with Crippen LogP contribution in [0.1, 0.15) is 35.3 Å². The molecule has 10 heteroatoms. The molecule has 35 heavy (non-hydrogen) atoms. The molecule has 2 heterocycles. The minimum absolute atomic E-state index is 0.0372. The molecule has 0 spiro atoms. The average molecular weight is 500 g/mol. The Labute approximate surface area is 207 Å². The van der Waals surface area contributed by atoms with Crippen LogP contribution in [-0.4, -0.2) is 51.5 Å². The number of aromatic amines is 1. The lowest BCUT2D eigenvalue weighted by Gasteiger charge is -2.31. The van der Waals surface area contributed by atoms with E-state index in [2.05, 4.69) is 26.0 Å². The van der Waals surface area contributed by atoms with Gasteiger partial charge in [-0.3, -0.25) is 14.7 Å². The fourth-order valence-electron chi connectivity index (χ4n) is 4.64. The van der Waals surface area contributed by atoms with E-state index in [9.17, 15) is 19.1 Å². The van der Waals surface area contributed by atoms with Crippen LogP contribution in [0.3, 0.4) is 0 Å². The van der Waals surface area contributed by atoms with Crippen LogP contribution in [0.5, 0.6) is 0 Å². The predicted octanol–water partition coefficient (Wildman–Crippen LogP) is 3.70. The van der Waals surface area contributed by atoms with Crippen LogP contribution in [0.15, 0.2) is 48.7 Å². The lowest BCUT2D eigenvalue weighted by molar-refractivity contribution is -0.144. The summed E-state index contributed by atoms with van der Waals surface area (Å²) in [5.74, 6) is -2.16. The van der Waals surface area contributed by atoms with E-state index in [4.69, 9.17) is 11.6 Å². The van der Waals surface area contributed by atoms with Crippen molar-refractivity contribution >= 4 is 23.5 Å². The first kappa shape index (κ1) is 24.8. The number of nitrogens with one attached hydrogen (secondary N) is 3. The van der Waals surface area contributed by atoms with Crippen molar-refractivity contribution in [2.75, 3.05) is 13.1 Å². The molecule has 1 aliphatic rings. The second kappa shape index (κ2) is 11.4. The predicted molar refractivity (Wildman–Crippen MR) is 130 cm³/mol. The third-order valence-electron chi connectivity index (χ3n) is 6.48. The number of carbonyl (C=O) groups is 2. The van der Waals surface area contributed by atoms with E-state index in [1.807, 2.05) is 12.1 Å². The molecule has 4 N–H and O–H groups in total. The van der Waals surface area contributed by atoms with Crippen molar-refractivity contribution in [1.29, 1.82) is 0 Å². The van der Waals surface area contributed by atoms with Gasteiger partial charge in [0.15, 0.2) is 0 Å². The maximum absolute atomic E-state index is 14.3. The molecule has 4 rings (SSSR count). The first-order chi connectivity index (χ1) is 16.9. The molecule has 0 saturated carbocycles. The summed E-state index contributed by atoms with van der Waals surface area (Å²) in [5, 5.41) is 26.4. The number of benzene rings is 2. The van der Waals surface area contributed by atoms with Crippen molar-refractivity contribution in [2.24, 2.45) is 11.8 Å². The summed E-state index contributed by atoms with van der Waals surface area (Å²) in [6.07, 6.45) is 3.59. The molecule has 1 fully saturated rings. The number of aromatic nitrogens is 3. The second-order valence-electron chi connectivity index (χ2n) is 8.83. The zero-order valence-electron chi connectivity index (χ0n) is 19.0. The Morgan fingerprint density at radius 2 is 1.91 bits per heavy atom. The summed E-state index contributed by atoms with van der Waals surface area (Å²) in [4.78, 5) is 24.9. The molecule has 0 radical (unpaired) electrons. The van der Waals surface area contributed by atoms with Gasteiger partial charge in [-0.15, -0.1) is 5.10 Å². The maximum atomic E-state index is 14.3. The van der Waals surface area contributed by atoms with E-state index in [-0.39, 0.29) is 23.8 Å². The van der Waals surface area contributed by atoms with Gasteiger partial charge in [-0.05, 0) is 74.0 Å². The first-order valence-corrected chi connectivity index (χ1v) is 11.9. The number of piperidine rings is 1. The fourth-order valence-corrected chi connectivity index (χ4v) is 4.81. The first-order valence-electron chi connectivity index (χ1n) is 11.6. The topological polar surface area (TPSA) is 120 Å². The summed E-state index contributed by atoms with van der Waals surface area (Å²) >= 11 is 6.03. The normalized spacial score (nSPS) is 15.9. The Kier molecular flexibility index (Phi) is 8.09. The molecular weight excluding hydrogens is 473 g/mol. The number of halogens is 2. The van der Waals surface area contributed by atoms with Gasteiger partial charge in [0.05, 0.1) is 12.1 Å². The van der Waals surface area contributed by atoms with Gasteiger partial charge in [-0.25, -0.2) is 4.39 Å². The van der Waals surface area contributed by atoms with Gasteiger partial charge in [-0.2, -0.15) is 0 Å². The molecule has 1 amide bonds. The Bertz CT molecular complexity index is 1150. The number of carboxylic acids is 1. The number of rotatable bonds is 9. The average Bonchev–Trinajstić information content (AvgIpc) is 3.40. The molecule has 2 aromatic carbocycles. The van der Waals surface area contributed by atoms with Crippen molar-refractivity contribution in [3.05, 3.63) is 70.8 Å². The van der Waals surface area contributed by atoms with E-state index < -0.39 is 23.8 Å². The molecule has 1 aromatic heterocycles. The van der Waals surface area contributed by atoms with Crippen LogP contribution < -0.4 is 10.6 Å². The number of hydrogen-bond donors (Lipinski definition) is 4. The van der Waals surface area contributed by atoms with Gasteiger partial charge in [0.2, 0.25) is 0 Å². The van der Waals surface area contributed by atoms with Crippen LogP contribution in [0.25, 0.3) is 11.1 Å². The van der Waals surface area contributed by atoms with E-state index in [0.29, 0.717) is 22.6 Å². The van der Waals surface area contributed by atoms with Crippen LogP contribution in [-0.2, 0) is 11.2 Å². The Morgan fingerprint density at radius 3 is 2.57 bits per heavy atom. The SMILES string of the molecule is O=C(NC(Cc1ccc(-c2cc(Cl)ccc2F)cc1)CC(C(=O)O)C1CCNCC1)c1cnn[nH]1. The minimum Gasteiger partial charge on any atom is -0.481 e. The van der Waals surface area contributed by atoms with Gasteiger partial charge >= 0.3 is 5.97 Å². The zero-order valence-corrected chi connectivity index (χ0v) is 19.8. The summed E-state index contributed by atoms with van der Waals surface area (Å²) in [5.41, 5.74) is 2.17. The molecule has 8 nitrogen and oxygen atoms in total. The molecular formula is C25H27ClFN5O3. The highest BCUT2D eigenvalue weighted by Crippen LogP contribution is 2.29. The summed E-state index contributed by atoms with van der Waals surface area (Å²) < 4.78 is 14.3. The van der Waals surface area contributed by atoms with Crippen molar-refractivity contribution < 1.29 is 19.1 Å². The van der Waals surface area contributed by atoms with Crippen LogP contribution in [0.4, 0.5) is 4.39 Å². The molecule has 1 aliphatic heterocycles. The van der Waals surface area contributed by atoms with Crippen molar-refractivity contribution in [1.82, 2.24) is 26.0 Å². The molecule has 3 aromatic rings. The summed E-state index contributed by atoms with van der Waals surface area (Å²) in [6, 6.07) is 11.3. The molecule has 2 atom stereocenters. The summed E-state index contributed by atoms with van der Waals surface area (Å²) in [7, 11) is 0. The quantitative estimate of drug-likeness (QED) is 0.356. The number of aliphatic carboxylic acids is 1. The van der Waals surface area contributed by atoms with Gasteiger partial charge in [0.1, 0.15) is 11.5 Å². The van der Waals surface area contributed by atoms with E-state index in [0.717, 1.165) is 31.5 Å². The number of carboxylic acid groups (broad SMARTS) is 1. The van der Waals surface area contributed by atoms with Gasteiger partial charge < -0.3 is 15.7 Å². The van der Waals surface area contributed by atoms with Gasteiger partial charge in [-0.1, -0.05) is 41.1 Å². The van der Waals surface area contributed by atoms with Crippen LogP contribution in [0.2, 0.25) is 5.02 Å². The van der Waals surface area contributed by atoms with Crippen LogP contribution in [0, 0.1) is 17.7 Å². The molecule has 184 valence electrons. The monoisotopic (exact) mass is 499 g/mol. The number of H-pyrrole nitrogens is 1. The fraction of sp³-hybridized carbons (Fsp3) is 0.360. The van der Waals surface area contributed by atoms with Crippen LogP contribution >= 0.6 is 11.6 Å². The zero-order chi connectivity index (χ0) is 24.8. The van der Waals surface area contributed by atoms with Gasteiger partial charge in [0, 0.05) is 16.6 Å². The Morgan fingerprint density at radius 1 is 1.17 bits per heavy atom. The van der Waals surface area contributed by atoms with Crippen molar-refractivity contribution in [2.45, 2.75) is 31.7 Å². The number of amides is 1. The third kappa shape index (κ3) is 6.43. The lowest BCUT2D eigenvalue weighted by atomic mass is 9.80. The summed E-state index contributed by atoms with van der Waals surface area (Å²) in [6.45, 7) is 1.57. The Hall–Kier alpha value is -3.30. The molecule has 0 aliphatic carbocycles. The second-order valence-corrected chi connectivity index (χ2v) is 9.27. The van der Waals surface area contributed by atoms with Crippen molar-refractivity contribution in [3.8, 4) is 11.1 Å². The largest absolute Gasteiger partial charge is 0.481 e. The molecule has 0 bridgehead atoms. The molecule has 1 saturated heterocycles. The maximum Gasteiger partial charge on any atom is 0.306 e. The van der Waals surface area contributed by atoms with Gasteiger partial charge in [0.25, 0.3) is 5.91 Å². The highest BCUT2D eigenvalue weighted by atomic mass is 35.5. The Balaban J connectivity index is 1.53. The highest BCUT2D eigenvalue weighted by molar-refractivity contribution is 6.30. The number of nitrogens with zero attached hydrogens (tertiary/aromatic N) is 2. The van der Waals surface area contributed by atoms with E-state index in [1.54, 1.807) is 18.2 Å². The third-order valence-corrected chi connectivity index (χ3v) is 6.71. The smallest absolute Gasteiger partial charge is 0.306 e. The minimum atomic E-state index is -0.855. The number of hydrogen-bond acceptors (Lipinski definition) is 5. The van der Waals surface area contributed by atoms with E-state index >= 15 is 0 Å². The standard InChI is InChI=1S/C25H27ClFN5O3/c26-18-5-6-22(27)20(12-18)16-3-1-15(2-4-16)11-19(30-24(33)23-14-29-32-31-23)13-21(25(34)35)17-7-9-28-10-8-17/h1-6,12,14,17,19,21,28H,7-11,13H2,(H,30,33)(H,34,35)(H,29,31,32). The van der Waals surface area contributed by atoms with Crippen molar-refractivity contribution in [3.63, 3.8) is 0 Å².